The standard InChI is InChI=1S/C13H21N3O2S/c1-11-10-12(14)6-7-13(11)15-19(17,18)16-8-4-2-3-5-9-16/h6-7,10,15H,2-5,8-9,14H2,1H3. The van der Waals surface area contributed by atoms with Crippen LogP contribution in [0.15, 0.2) is 18.2 Å². The summed E-state index contributed by atoms with van der Waals surface area (Å²) in [5, 5.41) is 0. The maximum absolute atomic E-state index is 12.3. The van der Waals surface area contributed by atoms with Crippen molar-refractivity contribution in [2.45, 2.75) is 32.6 Å². The van der Waals surface area contributed by atoms with Gasteiger partial charge < -0.3 is 5.73 Å². The molecule has 1 aromatic carbocycles. The first-order valence-electron chi connectivity index (χ1n) is 6.63. The summed E-state index contributed by atoms with van der Waals surface area (Å²) in [4.78, 5) is 0. The van der Waals surface area contributed by atoms with Crippen molar-refractivity contribution in [3.63, 3.8) is 0 Å². The molecule has 1 aliphatic rings. The molecule has 0 saturated carbocycles. The normalized spacial score (nSPS) is 17.9. The topological polar surface area (TPSA) is 75.4 Å². The van der Waals surface area contributed by atoms with Gasteiger partial charge >= 0.3 is 10.2 Å². The van der Waals surface area contributed by atoms with E-state index in [2.05, 4.69) is 4.72 Å². The third-order valence-electron chi connectivity index (χ3n) is 3.39. The number of hydrogen-bond donors (Lipinski definition) is 2. The van der Waals surface area contributed by atoms with E-state index in [-0.39, 0.29) is 0 Å². The highest BCUT2D eigenvalue weighted by molar-refractivity contribution is 7.90. The zero-order chi connectivity index (χ0) is 13.9. The molecule has 1 aliphatic heterocycles. The second kappa shape index (κ2) is 5.79. The van der Waals surface area contributed by atoms with Gasteiger partial charge in [-0.15, -0.1) is 0 Å². The molecule has 6 heteroatoms. The minimum atomic E-state index is -3.45. The molecule has 106 valence electrons. The predicted molar refractivity (Wildman–Crippen MR) is 78.2 cm³/mol. The van der Waals surface area contributed by atoms with Crippen LogP contribution in [0.2, 0.25) is 0 Å². The number of aryl methyl sites for hydroxylation is 1. The Labute approximate surface area is 115 Å². The van der Waals surface area contributed by atoms with Crippen molar-refractivity contribution in [1.29, 1.82) is 0 Å². The van der Waals surface area contributed by atoms with E-state index in [1.54, 1.807) is 18.2 Å². The Morgan fingerprint density at radius 3 is 2.37 bits per heavy atom. The molecule has 0 spiro atoms. The molecule has 0 aromatic heterocycles. The molecule has 2 rings (SSSR count). The van der Waals surface area contributed by atoms with Crippen molar-refractivity contribution in [2.75, 3.05) is 23.5 Å². The van der Waals surface area contributed by atoms with Crippen LogP contribution in [0.1, 0.15) is 31.2 Å². The molecule has 0 atom stereocenters. The predicted octanol–water partition coefficient (Wildman–Crippen LogP) is 2.11. The van der Waals surface area contributed by atoms with Gasteiger partial charge in [-0.2, -0.15) is 12.7 Å². The van der Waals surface area contributed by atoms with Crippen LogP contribution in [-0.2, 0) is 10.2 Å². The van der Waals surface area contributed by atoms with Crippen molar-refractivity contribution in [3.05, 3.63) is 23.8 Å². The summed E-state index contributed by atoms with van der Waals surface area (Å²) in [6.45, 7) is 3.04. The van der Waals surface area contributed by atoms with Crippen molar-refractivity contribution in [1.82, 2.24) is 4.31 Å². The molecule has 19 heavy (non-hydrogen) atoms. The molecule has 3 N–H and O–H groups in total. The second-order valence-electron chi connectivity index (χ2n) is 4.99. The second-order valence-corrected chi connectivity index (χ2v) is 6.67. The smallest absolute Gasteiger partial charge is 0.301 e. The molecule has 0 amide bonds. The Kier molecular flexibility index (Phi) is 4.31. The molecular weight excluding hydrogens is 262 g/mol. The Morgan fingerprint density at radius 2 is 1.79 bits per heavy atom. The minimum absolute atomic E-state index is 0.596. The summed E-state index contributed by atoms with van der Waals surface area (Å²) >= 11 is 0. The minimum Gasteiger partial charge on any atom is -0.399 e. The molecule has 0 bridgehead atoms. The molecule has 1 aromatic rings. The number of nitrogens with one attached hydrogen (secondary N) is 1. The molecule has 1 fully saturated rings. The summed E-state index contributed by atoms with van der Waals surface area (Å²) < 4.78 is 28.8. The summed E-state index contributed by atoms with van der Waals surface area (Å²) in [6, 6.07) is 5.17. The van der Waals surface area contributed by atoms with Crippen LogP contribution in [0.4, 0.5) is 11.4 Å². The van der Waals surface area contributed by atoms with Gasteiger partial charge in [-0.25, -0.2) is 0 Å². The lowest BCUT2D eigenvalue weighted by molar-refractivity contribution is 0.427. The number of anilines is 2. The SMILES string of the molecule is Cc1cc(N)ccc1NS(=O)(=O)N1CCCCCC1. The van der Waals surface area contributed by atoms with E-state index in [1.165, 1.54) is 4.31 Å². The third-order valence-corrected chi connectivity index (χ3v) is 4.92. The summed E-state index contributed by atoms with van der Waals surface area (Å²) in [5.41, 5.74) is 7.73. The summed E-state index contributed by atoms with van der Waals surface area (Å²) in [7, 11) is -3.45. The zero-order valence-electron chi connectivity index (χ0n) is 11.2. The van der Waals surface area contributed by atoms with Gasteiger partial charge in [0.15, 0.2) is 0 Å². The van der Waals surface area contributed by atoms with E-state index in [9.17, 15) is 8.42 Å². The van der Waals surface area contributed by atoms with Crippen LogP contribution < -0.4 is 10.5 Å². The van der Waals surface area contributed by atoms with Crippen molar-refractivity contribution in [3.8, 4) is 0 Å². The average molecular weight is 283 g/mol. The number of nitrogens with two attached hydrogens (primary N) is 1. The highest BCUT2D eigenvalue weighted by Crippen LogP contribution is 2.21. The lowest BCUT2D eigenvalue weighted by atomic mass is 10.2. The fourth-order valence-corrected chi connectivity index (χ4v) is 3.66. The number of nitrogen functional groups attached to an aromatic ring is 1. The zero-order valence-corrected chi connectivity index (χ0v) is 12.0. The van der Waals surface area contributed by atoms with Gasteiger partial charge in [0.25, 0.3) is 0 Å². The fraction of sp³-hybridized carbons (Fsp3) is 0.538. The van der Waals surface area contributed by atoms with E-state index >= 15 is 0 Å². The number of nitrogens with zero attached hydrogens (tertiary/aromatic N) is 1. The van der Waals surface area contributed by atoms with Gasteiger partial charge in [0.2, 0.25) is 0 Å². The Morgan fingerprint density at radius 1 is 1.16 bits per heavy atom. The number of hydrogen-bond acceptors (Lipinski definition) is 3. The maximum atomic E-state index is 12.3. The Balaban J connectivity index is 2.15. The van der Waals surface area contributed by atoms with Crippen LogP contribution in [0.5, 0.6) is 0 Å². The molecular formula is C13H21N3O2S. The van der Waals surface area contributed by atoms with Crippen LogP contribution in [0, 0.1) is 6.92 Å². The van der Waals surface area contributed by atoms with Gasteiger partial charge in [0.1, 0.15) is 0 Å². The van der Waals surface area contributed by atoms with Gasteiger partial charge in [0.05, 0.1) is 5.69 Å². The monoisotopic (exact) mass is 283 g/mol. The highest BCUT2D eigenvalue weighted by Gasteiger charge is 2.23. The molecule has 5 nitrogen and oxygen atoms in total. The first kappa shape index (κ1) is 14.1. The lowest BCUT2D eigenvalue weighted by Gasteiger charge is -2.21. The molecule has 0 radical (unpaired) electrons. The summed E-state index contributed by atoms with van der Waals surface area (Å²) in [5.74, 6) is 0. The largest absolute Gasteiger partial charge is 0.399 e. The van der Waals surface area contributed by atoms with Gasteiger partial charge in [-0.05, 0) is 43.5 Å². The van der Waals surface area contributed by atoms with Crippen molar-refractivity contribution in [2.24, 2.45) is 0 Å². The van der Waals surface area contributed by atoms with Crippen LogP contribution >= 0.6 is 0 Å². The highest BCUT2D eigenvalue weighted by atomic mass is 32.2. The van der Waals surface area contributed by atoms with Gasteiger partial charge in [-0.3, -0.25) is 4.72 Å². The van der Waals surface area contributed by atoms with Crippen LogP contribution in [0.3, 0.4) is 0 Å². The van der Waals surface area contributed by atoms with Crippen LogP contribution in [0.25, 0.3) is 0 Å². The van der Waals surface area contributed by atoms with Gasteiger partial charge in [-0.1, -0.05) is 12.8 Å². The molecule has 0 unspecified atom stereocenters. The molecule has 1 heterocycles. The van der Waals surface area contributed by atoms with E-state index < -0.39 is 10.2 Å². The molecule has 1 saturated heterocycles. The quantitative estimate of drug-likeness (QED) is 0.834. The summed E-state index contributed by atoms with van der Waals surface area (Å²) in [6.07, 6.45) is 4.07. The lowest BCUT2D eigenvalue weighted by Crippen LogP contribution is -2.36. The maximum Gasteiger partial charge on any atom is 0.301 e. The van der Waals surface area contributed by atoms with E-state index in [0.29, 0.717) is 24.5 Å². The first-order valence-corrected chi connectivity index (χ1v) is 8.07. The number of benzene rings is 1. The average Bonchev–Trinajstić information content (AvgIpc) is 2.62. The number of rotatable bonds is 3. The third kappa shape index (κ3) is 3.61. The van der Waals surface area contributed by atoms with E-state index in [4.69, 9.17) is 5.73 Å². The van der Waals surface area contributed by atoms with E-state index in [1.807, 2.05) is 6.92 Å². The molecule has 0 aliphatic carbocycles. The van der Waals surface area contributed by atoms with E-state index in [0.717, 1.165) is 31.2 Å². The van der Waals surface area contributed by atoms with Crippen molar-refractivity contribution >= 4 is 21.6 Å². The first-order chi connectivity index (χ1) is 8.99. The van der Waals surface area contributed by atoms with Crippen LogP contribution in [-0.4, -0.2) is 25.8 Å². The Bertz CT molecular complexity index is 535. The fourth-order valence-electron chi connectivity index (χ4n) is 2.29. The van der Waals surface area contributed by atoms with Gasteiger partial charge in [0, 0.05) is 18.8 Å². The van der Waals surface area contributed by atoms with Crippen molar-refractivity contribution < 1.29 is 8.42 Å². The Hall–Kier alpha value is -1.27.